The van der Waals surface area contributed by atoms with E-state index in [1.807, 2.05) is 18.5 Å². The smallest absolute Gasteiger partial charge is 0.122 e. The molecule has 3 nitrogen and oxygen atoms in total. The van der Waals surface area contributed by atoms with E-state index < -0.39 is 0 Å². The molecule has 3 rings (SSSR count). The van der Waals surface area contributed by atoms with Gasteiger partial charge in [0.25, 0.3) is 0 Å². The van der Waals surface area contributed by atoms with Gasteiger partial charge in [-0.2, -0.15) is 0 Å². The number of hydrogen-bond donors (Lipinski definition) is 1. The highest BCUT2D eigenvalue weighted by Crippen LogP contribution is 2.30. The molecule has 0 saturated heterocycles. The van der Waals surface area contributed by atoms with Crippen molar-refractivity contribution in [3.8, 4) is 5.75 Å². The molecule has 2 aromatic rings. The minimum Gasteiger partial charge on any atom is -0.496 e. The van der Waals surface area contributed by atoms with Crippen LogP contribution in [0.4, 0.5) is 0 Å². The number of methoxy groups -OCH3 is 1. The van der Waals surface area contributed by atoms with Crippen LogP contribution in [0.15, 0.2) is 42.7 Å². The molecule has 21 heavy (non-hydrogen) atoms. The summed E-state index contributed by atoms with van der Waals surface area (Å²) in [5, 5.41) is 3.73. The van der Waals surface area contributed by atoms with Gasteiger partial charge in [-0.05, 0) is 55.0 Å². The molecule has 2 atom stereocenters. The minimum absolute atomic E-state index is 0.329. The van der Waals surface area contributed by atoms with Crippen LogP contribution in [0, 0.1) is 0 Å². The van der Waals surface area contributed by atoms with E-state index in [-0.39, 0.29) is 0 Å². The Morgan fingerprint density at radius 2 is 2.19 bits per heavy atom. The molecule has 1 aliphatic rings. The summed E-state index contributed by atoms with van der Waals surface area (Å²) < 4.78 is 5.47. The quantitative estimate of drug-likeness (QED) is 0.934. The third kappa shape index (κ3) is 3.08. The zero-order valence-corrected chi connectivity index (χ0v) is 12.7. The van der Waals surface area contributed by atoms with Gasteiger partial charge in [0.2, 0.25) is 0 Å². The molecule has 0 spiro atoms. The summed E-state index contributed by atoms with van der Waals surface area (Å²) in [6.45, 7) is 2.21. The van der Waals surface area contributed by atoms with Gasteiger partial charge in [0.05, 0.1) is 7.11 Å². The van der Waals surface area contributed by atoms with Crippen LogP contribution in [0.2, 0.25) is 0 Å². The van der Waals surface area contributed by atoms with Crippen molar-refractivity contribution < 1.29 is 4.74 Å². The molecule has 0 fully saturated rings. The summed E-state index contributed by atoms with van der Waals surface area (Å²) in [5.41, 5.74) is 4.04. The van der Waals surface area contributed by atoms with Crippen molar-refractivity contribution in [3.05, 3.63) is 59.4 Å². The third-order valence-corrected chi connectivity index (χ3v) is 4.33. The standard InChI is InChI=1S/C18H22N2O/c1-13(15-6-4-10-19-12-15)20-16-8-9-17-14(11-16)5-3-7-18(17)21-2/h3-7,10,12-13,16,20H,8-9,11H2,1-2H3/t13-,16+/m1/s1. The average Bonchev–Trinajstić information content (AvgIpc) is 2.54. The van der Waals surface area contributed by atoms with E-state index in [0.29, 0.717) is 12.1 Å². The molecule has 0 radical (unpaired) electrons. The van der Waals surface area contributed by atoms with Crippen LogP contribution in [0.5, 0.6) is 5.75 Å². The highest BCUT2D eigenvalue weighted by Gasteiger charge is 2.22. The second kappa shape index (κ2) is 6.27. The lowest BCUT2D eigenvalue weighted by atomic mass is 9.87. The van der Waals surface area contributed by atoms with Crippen molar-refractivity contribution in [2.75, 3.05) is 7.11 Å². The lowest BCUT2D eigenvalue weighted by Crippen LogP contribution is -2.36. The van der Waals surface area contributed by atoms with Gasteiger partial charge < -0.3 is 10.1 Å². The SMILES string of the molecule is COc1cccc2c1CC[C@H](N[C@H](C)c1cccnc1)C2. The summed E-state index contributed by atoms with van der Waals surface area (Å²) in [6, 6.07) is 11.3. The molecule has 1 aromatic heterocycles. The van der Waals surface area contributed by atoms with Crippen molar-refractivity contribution in [1.82, 2.24) is 10.3 Å². The molecule has 0 amide bonds. The van der Waals surface area contributed by atoms with Crippen LogP contribution in [-0.2, 0) is 12.8 Å². The lowest BCUT2D eigenvalue weighted by Gasteiger charge is -2.29. The Balaban J connectivity index is 1.69. The first-order valence-corrected chi connectivity index (χ1v) is 7.58. The van der Waals surface area contributed by atoms with Crippen LogP contribution in [0.3, 0.4) is 0 Å². The van der Waals surface area contributed by atoms with E-state index in [9.17, 15) is 0 Å². The van der Waals surface area contributed by atoms with Crippen LogP contribution in [0.25, 0.3) is 0 Å². The number of hydrogen-bond acceptors (Lipinski definition) is 3. The molecule has 1 aromatic carbocycles. The van der Waals surface area contributed by atoms with Crippen molar-refractivity contribution in [3.63, 3.8) is 0 Å². The molecule has 110 valence electrons. The fourth-order valence-electron chi connectivity index (χ4n) is 3.19. The van der Waals surface area contributed by atoms with Gasteiger partial charge in [0.15, 0.2) is 0 Å². The maximum absolute atomic E-state index is 5.47. The molecule has 0 saturated carbocycles. The summed E-state index contributed by atoms with van der Waals surface area (Å²) in [5.74, 6) is 1.03. The maximum Gasteiger partial charge on any atom is 0.122 e. The third-order valence-electron chi connectivity index (χ3n) is 4.33. The number of rotatable bonds is 4. The summed E-state index contributed by atoms with van der Waals surface area (Å²) >= 11 is 0. The number of pyridine rings is 1. The maximum atomic E-state index is 5.47. The average molecular weight is 282 g/mol. The van der Waals surface area contributed by atoms with Crippen LogP contribution >= 0.6 is 0 Å². The van der Waals surface area contributed by atoms with Crippen molar-refractivity contribution in [2.45, 2.75) is 38.3 Å². The van der Waals surface area contributed by atoms with Gasteiger partial charge >= 0.3 is 0 Å². The van der Waals surface area contributed by atoms with E-state index in [1.165, 1.54) is 16.7 Å². The predicted octanol–water partition coefficient (Wildman–Crippen LogP) is 3.30. The Bertz CT molecular complexity index is 597. The molecule has 0 aliphatic heterocycles. The largest absolute Gasteiger partial charge is 0.496 e. The zero-order valence-electron chi connectivity index (χ0n) is 12.7. The summed E-state index contributed by atoms with van der Waals surface area (Å²) in [7, 11) is 1.75. The van der Waals surface area contributed by atoms with Gasteiger partial charge in [-0.1, -0.05) is 18.2 Å². The van der Waals surface area contributed by atoms with E-state index in [4.69, 9.17) is 4.74 Å². The number of nitrogens with one attached hydrogen (secondary N) is 1. The number of fused-ring (bicyclic) bond motifs is 1. The predicted molar refractivity (Wildman–Crippen MR) is 84.6 cm³/mol. The highest BCUT2D eigenvalue weighted by atomic mass is 16.5. The Morgan fingerprint density at radius 3 is 2.95 bits per heavy atom. The molecular weight excluding hydrogens is 260 g/mol. The Labute approximate surface area is 126 Å². The van der Waals surface area contributed by atoms with E-state index in [1.54, 1.807) is 7.11 Å². The second-order valence-corrected chi connectivity index (χ2v) is 5.71. The van der Waals surface area contributed by atoms with E-state index in [2.05, 4.69) is 41.5 Å². The zero-order chi connectivity index (χ0) is 14.7. The van der Waals surface area contributed by atoms with Crippen molar-refractivity contribution in [1.29, 1.82) is 0 Å². The molecule has 0 unspecified atom stereocenters. The van der Waals surface area contributed by atoms with Gasteiger partial charge in [-0.3, -0.25) is 4.98 Å². The van der Waals surface area contributed by atoms with Gasteiger partial charge in [0.1, 0.15) is 5.75 Å². The molecule has 3 heteroatoms. The lowest BCUT2D eigenvalue weighted by molar-refractivity contribution is 0.386. The van der Waals surface area contributed by atoms with Crippen LogP contribution in [0.1, 0.15) is 36.1 Å². The molecule has 1 N–H and O–H groups in total. The van der Waals surface area contributed by atoms with Crippen LogP contribution in [-0.4, -0.2) is 18.1 Å². The number of aromatic nitrogens is 1. The number of nitrogens with zero attached hydrogens (tertiary/aromatic N) is 1. The normalized spacial score (nSPS) is 18.9. The molecule has 1 aliphatic carbocycles. The van der Waals surface area contributed by atoms with Crippen molar-refractivity contribution >= 4 is 0 Å². The van der Waals surface area contributed by atoms with Gasteiger partial charge in [0, 0.05) is 24.5 Å². The minimum atomic E-state index is 0.329. The molecule has 0 bridgehead atoms. The Morgan fingerprint density at radius 1 is 1.29 bits per heavy atom. The number of benzene rings is 1. The number of ether oxygens (including phenoxy) is 1. The summed E-state index contributed by atoms with van der Waals surface area (Å²) in [6.07, 6.45) is 7.06. The first-order chi connectivity index (χ1) is 10.3. The first-order valence-electron chi connectivity index (χ1n) is 7.58. The molecular formula is C18H22N2O. The monoisotopic (exact) mass is 282 g/mol. The topological polar surface area (TPSA) is 34.1 Å². The molecule has 1 heterocycles. The van der Waals surface area contributed by atoms with E-state index in [0.717, 1.165) is 25.0 Å². The van der Waals surface area contributed by atoms with Gasteiger partial charge in [-0.15, -0.1) is 0 Å². The van der Waals surface area contributed by atoms with Crippen LogP contribution < -0.4 is 10.1 Å². The first kappa shape index (κ1) is 14.1. The fourth-order valence-corrected chi connectivity index (χ4v) is 3.19. The highest BCUT2D eigenvalue weighted by molar-refractivity contribution is 5.42. The summed E-state index contributed by atoms with van der Waals surface area (Å²) in [4.78, 5) is 4.20. The van der Waals surface area contributed by atoms with Crippen molar-refractivity contribution in [2.24, 2.45) is 0 Å². The Hall–Kier alpha value is -1.87. The van der Waals surface area contributed by atoms with E-state index >= 15 is 0 Å². The fraction of sp³-hybridized carbons (Fsp3) is 0.389. The second-order valence-electron chi connectivity index (χ2n) is 5.71. The van der Waals surface area contributed by atoms with Gasteiger partial charge in [-0.25, -0.2) is 0 Å². The Kier molecular flexibility index (Phi) is 4.20.